The number of hydrogen-bond donors (Lipinski definition) is 2. The van der Waals surface area contributed by atoms with Gasteiger partial charge in [-0.2, -0.15) is 0 Å². The molecule has 0 aliphatic heterocycles. The number of rotatable bonds is 5. The Hall–Kier alpha value is -2.79. The third-order valence-electron chi connectivity index (χ3n) is 3.00. The summed E-state index contributed by atoms with van der Waals surface area (Å²) in [5.41, 5.74) is 0.647. The summed E-state index contributed by atoms with van der Waals surface area (Å²) < 4.78 is 5.04. The van der Waals surface area contributed by atoms with Gasteiger partial charge in [-0.3, -0.25) is 4.79 Å². The second-order valence-electron chi connectivity index (χ2n) is 4.58. The summed E-state index contributed by atoms with van der Waals surface area (Å²) in [5, 5.41) is 12.0. The molecule has 0 spiro atoms. The number of methoxy groups -OCH3 is 1. The number of amides is 1. The third-order valence-corrected chi connectivity index (χ3v) is 3.30. The zero-order valence-electron chi connectivity index (χ0n) is 12.2. The van der Waals surface area contributed by atoms with Crippen molar-refractivity contribution in [3.63, 3.8) is 0 Å². The molecule has 2 rings (SSSR count). The Balaban J connectivity index is 2.26. The van der Waals surface area contributed by atoms with Gasteiger partial charge < -0.3 is 15.2 Å². The van der Waals surface area contributed by atoms with Crippen LogP contribution in [-0.4, -0.2) is 24.1 Å². The fourth-order valence-corrected chi connectivity index (χ4v) is 2.14. The first-order chi connectivity index (χ1) is 11.0. The molecule has 2 N–H and O–H groups in total. The van der Waals surface area contributed by atoms with Crippen LogP contribution in [0.5, 0.6) is 5.75 Å². The number of nitrogens with one attached hydrogen (secondary N) is 1. The molecule has 118 valence electrons. The molecule has 0 unspecified atom stereocenters. The molecule has 5 nitrogen and oxygen atoms in total. The van der Waals surface area contributed by atoms with E-state index in [2.05, 4.69) is 5.32 Å². The molecule has 1 amide bonds. The van der Waals surface area contributed by atoms with Crippen LogP contribution in [-0.2, 0) is 4.79 Å². The van der Waals surface area contributed by atoms with Crippen LogP contribution in [0, 0.1) is 0 Å². The monoisotopic (exact) mass is 331 g/mol. The highest BCUT2D eigenvalue weighted by Crippen LogP contribution is 2.25. The fourth-order valence-electron chi connectivity index (χ4n) is 1.87. The predicted octanol–water partition coefficient (Wildman–Crippen LogP) is 3.20. The van der Waals surface area contributed by atoms with Crippen molar-refractivity contribution < 1.29 is 19.4 Å². The molecule has 0 aromatic heterocycles. The minimum Gasteiger partial charge on any atom is -0.495 e. The summed E-state index contributed by atoms with van der Waals surface area (Å²) in [6.45, 7) is 0. The highest BCUT2D eigenvalue weighted by molar-refractivity contribution is 6.32. The third kappa shape index (κ3) is 4.34. The normalized spacial score (nSPS) is 11.0. The molecule has 0 aliphatic carbocycles. The van der Waals surface area contributed by atoms with Crippen LogP contribution < -0.4 is 10.1 Å². The summed E-state index contributed by atoms with van der Waals surface area (Å²) in [4.78, 5) is 23.4. The fraction of sp³-hybridized carbons (Fsp3) is 0.0588. The van der Waals surface area contributed by atoms with Gasteiger partial charge in [-0.15, -0.1) is 0 Å². The second kappa shape index (κ2) is 7.47. The average molecular weight is 332 g/mol. The number of carbonyl (C=O) groups excluding carboxylic acids is 1. The van der Waals surface area contributed by atoms with E-state index in [1.165, 1.54) is 13.2 Å². The van der Waals surface area contributed by atoms with Crippen molar-refractivity contribution in [1.29, 1.82) is 0 Å². The van der Waals surface area contributed by atoms with Gasteiger partial charge in [0.1, 0.15) is 11.4 Å². The first-order valence-electron chi connectivity index (χ1n) is 6.66. The van der Waals surface area contributed by atoms with Gasteiger partial charge in [0, 0.05) is 5.56 Å². The van der Waals surface area contributed by atoms with E-state index in [1.807, 2.05) is 0 Å². The number of benzene rings is 2. The van der Waals surface area contributed by atoms with Crippen molar-refractivity contribution in [2.24, 2.45) is 0 Å². The minimum absolute atomic E-state index is 0.250. The Kier molecular flexibility index (Phi) is 5.38. The molecule has 0 saturated carbocycles. The van der Waals surface area contributed by atoms with Crippen LogP contribution in [0.25, 0.3) is 6.08 Å². The van der Waals surface area contributed by atoms with Gasteiger partial charge in [0.15, 0.2) is 0 Å². The Labute approximate surface area is 138 Å². The van der Waals surface area contributed by atoms with Crippen molar-refractivity contribution in [2.75, 3.05) is 7.11 Å². The van der Waals surface area contributed by atoms with E-state index in [0.717, 1.165) is 0 Å². The standard InChI is InChI=1S/C17H14ClNO4/c1-23-15-8-7-11(9-13(15)18)10-14(17(21)22)19-16(20)12-5-3-2-4-6-12/h2-10H,1H3,(H,19,20)(H,21,22). The minimum atomic E-state index is -1.25. The summed E-state index contributed by atoms with van der Waals surface area (Å²) in [5.74, 6) is -1.27. The highest BCUT2D eigenvalue weighted by atomic mass is 35.5. The topological polar surface area (TPSA) is 75.6 Å². The molecule has 0 atom stereocenters. The lowest BCUT2D eigenvalue weighted by molar-refractivity contribution is -0.132. The summed E-state index contributed by atoms with van der Waals surface area (Å²) in [6, 6.07) is 13.2. The van der Waals surface area contributed by atoms with Crippen molar-refractivity contribution in [1.82, 2.24) is 5.32 Å². The highest BCUT2D eigenvalue weighted by Gasteiger charge is 2.13. The lowest BCUT2D eigenvalue weighted by Gasteiger charge is -2.07. The molecule has 0 radical (unpaired) electrons. The number of carboxylic acids is 1. The van der Waals surface area contributed by atoms with Gasteiger partial charge in [0.2, 0.25) is 0 Å². The first kappa shape index (κ1) is 16.6. The number of carboxylic acid groups (broad SMARTS) is 1. The number of carbonyl (C=O) groups is 2. The molecule has 6 heteroatoms. The van der Waals surface area contributed by atoms with Crippen LogP contribution in [0.4, 0.5) is 0 Å². The molecule has 0 heterocycles. The van der Waals surface area contributed by atoms with E-state index in [-0.39, 0.29) is 5.70 Å². The molecule has 2 aromatic rings. The maximum Gasteiger partial charge on any atom is 0.352 e. The first-order valence-corrected chi connectivity index (χ1v) is 7.04. The predicted molar refractivity (Wildman–Crippen MR) is 87.5 cm³/mol. The zero-order valence-corrected chi connectivity index (χ0v) is 13.0. The van der Waals surface area contributed by atoms with Gasteiger partial charge >= 0.3 is 5.97 Å². The quantitative estimate of drug-likeness (QED) is 0.825. The van der Waals surface area contributed by atoms with Crippen LogP contribution >= 0.6 is 11.6 Å². The lowest BCUT2D eigenvalue weighted by Crippen LogP contribution is -2.27. The Morgan fingerprint density at radius 1 is 1.17 bits per heavy atom. The molecule has 0 fully saturated rings. The largest absolute Gasteiger partial charge is 0.495 e. The van der Waals surface area contributed by atoms with Crippen LogP contribution in [0.1, 0.15) is 15.9 Å². The van der Waals surface area contributed by atoms with Crippen LogP contribution in [0.2, 0.25) is 5.02 Å². The van der Waals surface area contributed by atoms with Crippen molar-refractivity contribution in [3.05, 3.63) is 70.4 Å². The molecule has 0 saturated heterocycles. The SMILES string of the molecule is COc1ccc(C=C(NC(=O)c2ccccc2)C(=O)O)cc1Cl. The molecular formula is C17H14ClNO4. The second-order valence-corrected chi connectivity index (χ2v) is 4.98. The van der Waals surface area contributed by atoms with E-state index in [9.17, 15) is 14.7 Å². The van der Waals surface area contributed by atoms with Crippen LogP contribution in [0.15, 0.2) is 54.2 Å². The van der Waals surface area contributed by atoms with E-state index >= 15 is 0 Å². The van der Waals surface area contributed by atoms with Gasteiger partial charge in [0.25, 0.3) is 5.91 Å². The van der Waals surface area contributed by atoms with Gasteiger partial charge in [-0.05, 0) is 35.9 Å². The Bertz CT molecular complexity index is 756. The van der Waals surface area contributed by atoms with Crippen molar-refractivity contribution in [3.8, 4) is 5.75 Å². The smallest absolute Gasteiger partial charge is 0.352 e. The molecule has 23 heavy (non-hydrogen) atoms. The van der Waals surface area contributed by atoms with Gasteiger partial charge in [0.05, 0.1) is 12.1 Å². The molecule has 0 aliphatic rings. The van der Waals surface area contributed by atoms with Crippen molar-refractivity contribution in [2.45, 2.75) is 0 Å². The number of hydrogen-bond acceptors (Lipinski definition) is 3. The molecule has 0 bridgehead atoms. The maximum atomic E-state index is 12.1. The van der Waals surface area contributed by atoms with Crippen molar-refractivity contribution >= 4 is 29.6 Å². The summed E-state index contributed by atoms with van der Waals surface area (Å²) >= 11 is 6.01. The van der Waals surface area contributed by atoms with E-state index in [1.54, 1.807) is 48.5 Å². The van der Waals surface area contributed by atoms with E-state index in [0.29, 0.717) is 21.9 Å². The number of ether oxygens (including phenoxy) is 1. The zero-order chi connectivity index (χ0) is 16.8. The van der Waals surface area contributed by atoms with Gasteiger partial charge in [-0.25, -0.2) is 4.79 Å². The maximum absolute atomic E-state index is 12.1. The van der Waals surface area contributed by atoms with Gasteiger partial charge in [-0.1, -0.05) is 35.9 Å². The molecular weight excluding hydrogens is 318 g/mol. The summed E-state index contributed by atoms with van der Waals surface area (Å²) in [7, 11) is 1.49. The number of halogens is 1. The Morgan fingerprint density at radius 3 is 2.43 bits per heavy atom. The average Bonchev–Trinajstić information content (AvgIpc) is 2.55. The number of aliphatic carboxylic acids is 1. The van der Waals surface area contributed by atoms with E-state index in [4.69, 9.17) is 16.3 Å². The molecule has 2 aromatic carbocycles. The van der Waals surface area contributed by atoms with Crippen LogP contribution in [0.3, 0.4) is 0 Å². The summed E-state index contributed by atoms with van der Waals surface area (Å²) in [6.07, 6.45) is 1.33. The lowest BCUT2D eigenvalue weighted by atomic mass is 10.1. The Morgan fingerprint density at radius 2 is 1.87 bits per heavy atom. The van der Waals surface area contributed by atoms with E-state index < -0.39 is 11.9 Å².